The Morgan fingerprint density at radius 3 is 2.50 bits per heavy atom. The van der Waals surface area contributed by atoms with Crippen molar-refractivity contribution in [3.8, 4) is 0 Å². The normalized spacial score (nSPS) is 26.1. The molecule has 0 aromatic heterocycles. The van der Waals surface area contributed by atoms with Crippen LogP contribution < -0.4 is 5.32 Å². The lowest BCUT2D eigenvalue weighted by Gasteiger charge is -2.30. The molecule has 0 spiro atoms. The van der Waals surface area contributed by atoms with Gasteiger partial charge in [0.15, 0.2) is 0 Å². The highest BCUT2D eigenvalue weighted by Gasteiger charge is 2.22. The van der Waals surface area contributed by atoms with Gasteiger partial charge in [-0.05, 0) is 24.9 Å². The van der Waals surface area contributed by atoms with Gasteiger partial charge in [0.1, 0.15) is 5.91 Å². The summed E-state index contributed by atoms with van der Waals surface area (Å²) in [4.78, 5) is 0. The van der Waals surface area contributed by atoms with Gasteiger partial charge in [-0.15, -0.1) is 0 Å². The van der Waals surface area contributed by atoms with E-state index in [9.17, 15) is 0 Å². The summed E-state index contributed by atoms with van der Waals surface area (Å²) in [5, 5.41) is 3.60. The molecule has 1 aliphatic rings. The second-order valence-electron chi connectivity index (χ2n) is 4.17. The first-order chi connectivity index (χ1) is 6.77. The number of methoxy groups -OCH3 is 2. The summed E-state index contributed by atoms with van der Waals surface area (Å²) in [5.74, 6) is 0.0914. The first-order valence-electron chi connectivity index (χ1n) is 5.57. The Kier molecular flexibility index (Phi) is 5.70. The van der Waals surface area contributed by atoms with Crippen molar-refractivity contribution in [2.75, 3.05) is 20.8 Å². The summed E-state index contributed by atoms with van der Waals surface area (Å²) in [6, 6.07) is 0.711. The van der Waals surface area contributed by atoms with E-state index in [1.807, 2.05) is 0 Å². The van der Waals surface area contributed by atoms with Crippen LogP contribution in [0.1, 0.15) is 26.2 Å². The molecule has 1 rings (SSSR count). The van der Waals surface area contributed by atoms with Crippen LogP contribution in [-0.2, 0) is 9.47 Å². The minimum Gasteiger partial charge on any atom is -0.360 e. The fourth-order valence-electron chi connectivity index (χ4n) is 2.12. The molecule has 0 aromatic carbocycles. The molecule has 1 fully saturated rings. The van der Waals surface area contributed by atoms with Gasteiger partial charge in [-0.3, -0.25) is 0 Å². The molecule has 1 heterocycles. The molecule has 14 heavy (non-hydrogen) atoms. The first kappa shape index (κ1) is 12.2. The van der Waals surface area contributed by atoms with Crippen molar-refractivity contribution in [3.05, 3.63) is 0 Å². The molecule has 1 saturated heterocycles. The molecule has 2 unspecified atom stereocenters. The third kappa shape index (κ3) is 3.69. The van der Waals surface area contributed by atoms with Crippen molar-refractivity contribution in [2.45, 2.75) is 43.7 Å². The van der Waals surface area contributed by atoms with Crippen LogP contribution in [0.15, 0.2) is 0 Å². The van der Waals surface area contributed by atoms with E-state index in [0.29, 0.717) is 6.04 Å². The number of hydrogen-bond donors (Lipinski definition) is 1. The molecule has 1 aliphatic heterocycles. The van der Waals surface area contributed by atoms with E-state index in [4.69, 9.17) is 9.47 Å². The maximum absolute atomic E-state index is 5.27. The number of nitrogens with one attached hydrogen (secondary N) is 1. The van der Waals surface area contributed by atoms with Gasteiger partial charge >= 0.3 is 0 Å². The van der Waals surface area contributed by atoms with E-state index >= 15 is 0 Å². The monoisotopic (exact) mass is 217 g/mol. The SMILES string of the molecule is COC(OC)[SiH2]C(C)C1CCCCN1. The second kappa shape index (κ2) is 6.56. The van der Waals surface area contributed by atoms with Gasteiger partial charge in [-0.25, -0.2) is 0 Å². The predicted octanol–water partition coefficient (Wildman–Crippen LogP) is 0.682. The molecule has 0 radical (unpaired) electrons. The fourth-order valence-corrected chi connectivity index (χ4v) is 3.84. The van der Waals surface area contributed by atoms with Crippen LogP contribution in [0.5, 0.6) is 0 Å². The average Bonchev–Trinajstić information content (AvgIpc) is 2.26. The van der Waals surface area contributed by atoms with E-state index in [-0.39, 0.29) is 15.4 Å². The van der Waals surface area contributed by atoms with E-state index in [1.54, 1.807) is 14.2 Å². The molecule has 0 aliphatic carbocycles. The van der Waals surface area contributed by atoms with Crippen molar-refractivity contribution in [1.82, 2.24) is 5.32 Å². The van der Waals surface area contributed by atoms with Crippen LogP contribution in [0.3, 0.4) is 0 Å². The summed E-state index contributed by atoms with van der Waals surface area (Å²) in [6.07, 6.45) is 4.04. The molecule has 4 heteroatoms. The topological polar surface area (TPSA) is 30.5 Å². The largest absolute Gasteiger partial charge is 0.360 e. The van der Waals surface area contributed by atoms with Crippen molar-refractivity contribution >= 4 is 9.52 Å². The smallest absolute Gasteiger partial charge is 0.134 e. The lowest BCUT2D eigenvalue weighted by atomic mass is 10.0. The summed E-state index contributed by atoms with van der Waals surface area (Å²) >= 11 is 0. The van der Waals surface area contributed by atoms with Crippen LogP contribution in [0, 0.1) is 0 Å². The summed E-state index contributed by atoms with van der Waals surface area (Å²) in [6.45, 7) is 3.52. The Morgan fingerprint density at radius 2 is 2.00 bits per heavy atom. The van der Waals surface area contributed by atoms with E-state index in [2.05, 4.69) is 12.2 Å². The molecular weight excluding hydrogens is 194 g/mol. The average molecular weight is 217 g/mol. The van der Waals surface area contributed by atoms with Crippen molar-refractivity contribution in [2.24, 2.45) is 0 Å². The van der Waals surface area contributed by atoms with Gasteiger partial charge in [0, 0.05) is 20.3 Å². The zero-order valence-electron chi connectivity index (χ0n) is 9.58. The number of piperidine rings is 1. The minimum atomic E-state index is -0.302. The molecule has 2 atom stereocenters. The Morgan fingerprint density at radius 1 is 1.29 bits per heavy atom. The highest BCUT2D eigenvalue weighted by molar-refractivity contribution is 6.38. The zero-order valence-corrected chi connectivity index (χ0v) is 11.0. The number of ether oxygens (including phenoxy) is 2. The van der Waals surface area contributed by atoms with Gasteiger partial charge in [0.25, 0.3) is 0 Å². The van der Waals surface area contributed by atoms with E-state index < -0.39 is 0 Å². The van der Waals surface area contributed by atoms with Crippen molar-refractivity contribution in [3.63, 3.8) is 0 Å². The fraction of sp³-hybridized carbons (Fsp3) is 1.00. The van der Waals surface area contributed by atoms with Crippen LogP contribution in [0.2, 0.25) is 5.54 Å². The van der Waals surface area contributed by atoms with Gasteiger partial charge in [0.05, 0.1) is 9.52 Å². The molecule has 84 valence electrons. The molecule has 0 bridgehead atoms. The molecule has 0 aromatic rings. The molecule has 0 saturated carbocycles. The molecule has 3 nitrogen and oxygen atoms in total. The summed E-state index contributed by atoms with van der Waals surface area (Å²) in [5.41, 5.74) is 0.764. The Bertz CT molecular complexity index is 147. The standard InChI is InChI=1S/C10H23NO2Si/c1-8(14-10(12-2)13-3)9-6-4-5-7-11-9/h8-11H,4-7,14H2,1-3H3. The van der Waals surface area contributed by atoms with Crippen molar-refractivity contribution in [1.29, 1.82) is 0 Å². The third-order valence-electron chi connectivity index (χ3n) is 3.13. The summed E-state index contributed by atoms with van der Waals surface area (Å²) in [7, 11) is 3.17. The maximum atomic E-state index is 5.27. The van der Waals surface area contributed by atoms with E-state index in [0.717, 1.165) is 5.54 Å². The Labute approximate surface area is 89.4 Å². The van der Waals surface area contributed by atoms with Gasteiger partial charge in [0.2, 0.25) is 0 Å². The first-order valence-corrected chi connectivity index (χ1v) is 7.20. The zero-order chi connectivity index (χ0) is 10.4. The lowest BCUT2D eigenvalue weighted by molar-refractivity contribution is -0.0450. The van der Waals surface area contributed by atoms with Gasteiger partial charge in [-0.1, -0.05) is 13.3 Å². The highest BCUT2D eigenvalue weighted by atomic mass is 28.2. The Balaban J connectivity index is 2.27. The minimum absolute atomic E-state index is 0.0914. The van der Waals surface area contributed by atoms with Crippen LogP contribution >= 0.6 is 0 Å². The number of rotatable bonds is 5. The van der Waals surface area contributed by atoms with Crippen LogP contribution in [-0.4, -0.2) is 42.2 Å². The third-order valence-corrected chi connectivity index (χ3v) is 5.49. The molecular formula is C10H23NO2Si. The van der Waals surface area contributed by atoms with Gasteiger partial charge in [-0.2, -0.15) is 0 Å². The lowest BCUT2D eigenvalue weighted by Crippen LogP contribution is -2.41. The number of hydrogen-bond acceptors (Lipinski definition) is 3. The maximum Gasteiger partial charge on any atom is 0.134 e. The Hall–Kier alpha value is 0.0969. The molecule has 1 N–H and O–H groups in total. The quantitative estimate of drug-likeness (QED) is 0.543. The highest BCUT2D eigenvalue weighted by Crippen LogP contribution is 2.19. The second-order valence-corrected chi connectivity index (χ2v) is 6.60. The van der Waals surface area contributed by atoms with Crippen LogP contribution in [0.25, 0.3) is 0 Å². The molecule has 0 amide bonds. The predicted molar refractivity (Wildman–Crippen MR) is 61.4 cm³/mol. The van der Waals surface area contributed by atoms with Gasteiger partial charge < -0.3 is 14.8 Å². The van der Waals surface area contributed by atoms with E-state index in [1.165, 1.54) is 25.8 Å². The van der Waals surface area contributed by atoms with Crippen LogP contribution in [0.4, 0.5) is 0 Å². The van der Waals surface area contributed by atoms with Crippen molar-refractivity contribution < 1.29 is 9.47 Å². The summed E-state index contributed by atoms with van der Waals surface area (Å²) < 4.78 is 10.5.